The molecule has 35 heavy (non-hydrogen) atoms. The van der Waals surface area contributed by atoms with Gasteiger partial charge in [-0.15, -0.1) is 5.10 Å². The average molecular weight is 477 g/mol. The molecule has 0 aliphatic carbocycles. The van der Waals surface area contributed by atoms with Gasteiger partial charge in [0.15, 0.2) is 0 Å². The maximum Gasteiger partial charge on any atom is 0.260 e. The molecule has 1 amide bonds. The summed E-state index contributed by atoms with van der Waals surface area (Å²) in [5.74, 6) is 0.786. The molecule has 0 spiro atoms. The van der Waals surface area contributed by atoms with Crippen molar-refractivity contribution in [3.8, 4) is 28.5 Å². The van der Waals surface area contributed by atoms with Crippen LogP contribution in [-0.2, 0) is 0 Å². The number of carbonyl (C=O) groups excluding carboxylic acids is 1. The summed E-state index contributed by atoms with van der Waals surface area (Å²) in [4.78, 5) is 17.8. The first-order valence-electron chi connectivity index (χ1n) is 11.2. The number of aromatic nitrogens is 7. The van der Waals surface area contributed by atoms with Crippen LogP contribution in [0, 0.1) is 6.92 Å². The van der Waals surface area contributed by atoms with E-state index >= 15 is 0 Å². The van der Waals surface area contributed by atoms with Crippen LogP contribution in [0.4, 0.5) is 5.82 Å². The number of methoxy groups -OCH3 is 1. The number of aryl methyl sites for hydroxylation is 1. The highest BCUT2D eigenvalue weighted by molar-refractivity contribution is 6.06. The van der Waals surface area contributed by atoms with Crippen LogP contribution in [0.15, 0.2) is 42.6 Å². The van der Waals surface area contributed by atoms with E-state index in [0.717, 1.165) is 16.8 Å². The van der Waals surface area contributed by atoms with Gasteiger partial charge in [-0.3, -0.25) is 9.48 Å². The van der Waals surface area contributed by atoms with E-state index in [9.17, 15) is 9.90 Å². The molecule has 0 aliphatic rings. The summed E-state index contributed by atoms with van der Waals surface area (Å²) in [6.45, 7) is 7.73. The van der Waals surface area contributed by atoms with Crippen LogP contribution in [0.2, 0.25) is 0 Å². The number of benzene rings is 1. The van der Waals surface area contributed by atoms with Crippen molar-refractivity contribution < 1.29 is 14.6 Å². The highest BCUT2D eigenvalue weighted by atomic mass is 16.5. The van der Waals surface area contributed by atoms with Crippen molar-refractivity contribution in [1.29, 1.82) is 0 Å². The fourth-order valence-electron chi connectivity index (χ4n) is 3.62. The Morgan fingerprint density at radius 3 is 2.66 bits per heavy atom. The molecule has 0 saturated heterocycles. The molecule has 0 fully saturated rings. The molecule has 1 atom stereocenters. The molecule has 0 saturated carbocycles. The molecule has 0 radical (unpaired) electrons. The number of hydrogen-bond acceptors (Lipinski definition) is 8. The van der Waals surface area contributed by atoms with Crippen molar-refractivity contribution in [3.05, 3.63) is 53.7 Å². The standard InChI is InChI=1S/C24H28N8O3/c1-14(2)31-10-9-19(28-31)17-12-18(21(35-5)11-15(17)3)24(34)26-22-8-6-7-20(25-22)23-27-29-30-32(23)16(4)13-33/h6-12,14,16,33H,13H2,1-5H3,(H,25,26,34)/t16-/m1/s1. The summed E-state index contributed by atoms with van der Waals surface area (Å²) in [5.41, 5.74) is 3.38. The number of tetrazole rings is 1. The number of pyridine rings is 1. The predicted octanol–water partition coefficient (Wildman–Crippen LogP) is 3.30. The number of anilines is 1. The third-order valence-electron chi connectivity index (χ3n) is 5.60. The first-order chi connectivity index (χ1) is 16.8. The van der Waals surface area contributed by atoms with Gasteiger partial charge in [-0.25, -0.2) is 9.67 Å². The molecule has 3 aromatic heterocycles. The lowest BCUT2D eigenvalue weighted by Gasteiger charge is -2.14. The minimum atomic E-state index is -0.376. The van der Waals surface area contributed by atoms with E-state index in [1.807, 2.05) is 29.9 Å². The van der Waals surface area contributed by atoms with Crippen LogP contribution in [0.5, 0.6) is 5.75 Å². The minimum Gasteiger partial charge on any atom is -0.496 e. The summed E-state index contributed by atoms with van der Waals surface area (Å²) in [6.07, 6.45) is 1.92. The smallest absolute Gasteiger partial charge is 0.260 e. The first-order valence-corrected chi connectivity index (χ1v) is 11.2. The van der Waals surface area contributed by atoms with E-state index < -0.39 is 0 Å². The van der Waals surface area contributed by atoms with Gasteiger partial charge in [0.1, 0.15) is 17.3 Å². The van der Waals surface area contributed by atoms with Crippen molar-refractivity contribution in [2.75, 3.05) is 19.0 Å². The molecular formula is C24H28N8O3. The number of nitrogens with one attached hydrogen (secondary N) is 1. The van der Waals surface area contributed by atoms with E-state index in [4.69, 9.17) is 4.74 Å². The van der Waals surface area contributed by atoms with Gasteiger partial charge < -0.3 is 15.2 Å². The van der Waals surface area contributed by atoms with Gasteiger partial charge >= 0.3 is 0 Å². The quantitative estimate of drug-likeness (QED) is 0.396. The van der Waals surface area contributed by atoms with Crippen molar-refractivity contribution >= 4 is 11.7 Å². The lowest BCUT2D eigenvalue weighted by atomic mass is 10.0. The van der Waals surface area contributed by atoms with E-state index in [-0.39, 0.29) is 24.6 Å². The Hall–Kier alpha value is -4.12. The van der Waals surface area contributed by atoms with Crippen LogP contribution in [0.1, 0.15) is 48.8 Å². The minimum absolute atomic E-state index is 0.126. The molecular weight excluding hydrogens is 448 g/mol. The molecule has 1 aromatic carbocycles. The maximum absolute atomic E-state index is 13.3. The molecule has 4 aromatic rings. The summed E-state index contributed by atoms with van der Waals surface area (Å²) in [6, 6.07) is 10.6. The van der Waals surface area contributed by atoms with Crippen LogP contribution in [0.3, 0.4) is 0 Å². The average Bonchev–Trinajstić information content (AvgIpc) is 3.54. The Kier molecular flexibility index (Phi) is 6.87. The molecule has 0 unspecified atom stereocenters. The maximum atomic E-state index is 13.3. The zero-order chi connectivity index (χ0) is 25.1. The van der Waals surface area contributed by atoms with Crippen molar-refractivity contribution in [3.63, 3.8) is 0 Å². The second-order valence-electron chi connectivity index (χ2n) is 8.48. The lowest BCUT2D eigenvalue weighted by Crippen LogP contribution is -2.16. The Bertz CT molecular complexity index is 1340. The fourth-order valence-corrected chi connectivity index (χ4v) is 3.62. The molecule has 3 heterocycles. The zero-order valence-electron chi connectivity index (χ0n) is 20.3. The van der Waals surface area contributed by atoms with Gasteiger partial charge in [0.2, 0.25) is 5.82 Å². The van der Waals surface area contributed by atoms with Gasteiger partial charge in [0.25, 0.3) is 5.91 Å². The van der Waals surface area contributed by atoms with Crippen LogP contribution in [0.25, 0.3) is 22.8 Å². The number of ether oxygens (including phenoxy) is 1. The van der Waals surface area contributed by atoms with E-state index in [2.05, 4.69) is 44.8 Å². The predicted molar refractivity (Wildman–Crippen MR) is 130 cm³/mol. The highest BCUT2D eigenvalue weighted by Gasteiger charge is 2.20. The monoisotopic (exact) mass is 476 g/mol. The van der Waals surface area contributed by atoms with Crippen molar-refractivity contribution in [2.24, 2.45) is 0 Å². The van der Waals surface area contributed by atoms with Crippen molar-refractivity contribution in [1.82, 2.24) is 35.0 Å². The largest absolute Gasteiger partial charge is 0.496 e. The topological polar surface area (TPSA) is 133 Å². The van der Waals surface area contributed by atoms with Gasteiger partial charge in [0, 0.05) is 17.8 Å². The van der Waals surface area contributed by atoms with Gasteiger partial charge in [-0.1, -0.05) is 6.07 Å². The van der Waals surface area contributed by atoms with Crippen LogP contribution in [-0.4, -0.2) is 59.7 Å². The summed E-state index contributed by atoms with van der Waals surface area (Å²) >= 11 is 0. The number of aliphatic hydroxyl groups excluding tert-OH is 1. The Balaban J connectivity index is 1.65. The molecule has 2 N–H and O–H groups in total. The number of aliphatic hydroxyl groups is 1. The number of hydrogen-bond donors (Lipinski definition) is 2. The zero-order valence-corrected chi connectivity index (χ0v) is 20.3. The lowest BCUT2D eigenvalue weighted by molar-refractivity contribution is 0.102. The third kappa shape index (κ3) is 4.90. The summed E-state index contributed by atoms with van der Waals surface area (Å²) in [7, 11) is 1.53. The molecule has 11 heteroatoms. The Labute approximate surface area is 202 Å². The SMILES string of the molecule is COc1cc(C)c(-c2ccn(C(C)C)n2)cc1C(=O)Nc1cccc(-c2nnnn2[C@H](C)CO)n1. The van der Waals surface area contributed by atoms with Crippen molar-refractivity contribution in [2.45, 2.75) is 39.8 Å². The second-order valence-corrected chi connectivity index (χ2v) is 8.48. The van der Waals surface area contributed by atoms with Crippen LogP contribution >= 0.6 is 0 Å². The third-order valence-corrected chi connectivity index (χ3v) is 5.60. The van der Waals surface area contributed by atoms with E-state index in [1.54, 1.807) is 31.2 Å². The normalized spacial score (nSPS) is 12.1. The number of carbonyl (C=O) groups is 1. The fraction of sp³-hybridized carbons (Fsp3) is 0.333. The Morgan fingerprint density at radius 2 is 1.97 bits per heavy atom. The molecule has 11 nitrogen and oxygen atoms in total. The second kappa shape index (κ2) is 10.0. The van der Waals surface area contributed by atoms with Gasteiger partial charge in [0.05, 0.1) is 31.0 Å². The number of rotatable bonds is 8. The highest BCUT2D eigenvalue weighted by Crippen LogP contribution is 2.31. The summed E-state index contributed by atoms with van der Waals surface area (Å²) < 4.78 is 8.86. The summed E-state index contributed by atoms with van der Waals surface area (Å²) in [5, 5.41) is 28.6. The molecule has 0 aliphatic heterocycles. The first kappa shape index (κ1) is 24.0. The van der Waals surface area contributed by atoms with Crippen LogP contribution < -0.4 is 10.1 Å². The Morgan fingerprint density at radius 1 is 1.17 bits per heavy atom. The molecule has 4 rings (SSSR count). The van der Waals surface area contributed by atoms with E-state index in [1.165, 1.54) is 11.8 Å². The number of nitrogens with zero attached hydrogens (tertiary/aromatic N) is 7. The van der Waals surface area contributed by atoms with E-state index in [0.29, 0.717) is 28.6 Å². The van der Waals surface area contributed by atoms with Gasteiger partial charge in [-0.2, -0.15) is 5.10 Å². The number of amides is 1. The molecule has 182 valence electrons. The molecule has 0 bridgehead atoms. The van der Waals surface area contributed by atoms with Gasteiger partial charge in [-0.05, 0) is 74.0 Å².